The van der Waals surface area contributed by atoms with Crippen molar-refractivity contribution in [2.45, 2.75) is 31.9 Å². The largest absolute Gasteiger partial charge is 0.417 e. The molecular weight excluding hydrogens is 509 g/mol. The molecule has 11 heteroatoms. The molecule has 0 saturated carbocycles. The number of allylic oxidation sites excluding steroid dienone is 1. The first-order valence-corrected chi connectivity index (χ1v) is 12.3. The lowest BCUT2D eigenvalue weighted by atomic mass is 9.97. The summed E-state index contributed by atoms with van der Waals surface area (Å²) in [6, 6.07) is 9.08. The van der Waals surface area contributed by atoms with Crippen LogP contribution >= 0.6 is 0 Å². The first-order chi connectivity index (χ1) is 17.9. The van der Waals surface area contributed by atoms with Gasteiger partial charge in [0.1, 0.15) is 0 Å². The smallest absolute Gasteiger partial charge is 0.395 e. The van der Waals surface area contributed by atoms with Crippen molar-refractivity contribution < 1.29 is 36.6 Å². The minimum atomic E-state index is -4.85. The minimum Gasteiger partial charge on any atom is -0.395 e. The van der Waals surface area contributed by atoms with Crippen LogP contribution in [0, 0.1) is 5.92 Å². The Balaban J connectivity index is 1.77. The van der Waals surface area contributed by atoms with Crippen LogP contribution in [0.4, 0.5) is 33.3 Å². The van der Waals surface area contributed by atoms with E-state index in [2.05, 4.69) is 5.32 Å². The Kier molecular flexibility index (Phi) is 7.78. The van der Waals surface area contributed by atoms with E-state index in [0.717, 1.165) is 23.5 Å². The third kappa shape index (κ3) is 5.67. The third-order valence-electron chi connectivity index (χ3n) is 6.79. The Morgan fingerprint density at radius 2 is 1.89 bits per heavy atom. The molecule has 0 aliphatic carbocycles. The van der Waals surface area contributed by atoms with Gasteiger partial charge in [-0.05, 0) is 36.6 Å². The van der Waals surface area contributed by atoms with Crippen molar-refractivity contribution >= 4 is 28.8 Å². The van der Waals surface area contributed by atoms with Gasteiger partial charge in [0.15, 0.2) is 0 Å². The molecule has 6 nitrogen and oxygen atoms in total. The highest BCUT2D eigenvalue weighted by atomic mass is 19.4. The van der Waals surface area contributed by atoms with Gasteiger partial charge in [-0.15, -0.1) is 0 Å². The number of alkyl halides is 5. The number of benzene rings is 2. The van der Waals surface area contributed by atoms with E-state index in [-0.39, 0.29) is 24.4 Å². The zero-order chi connectivity index (χ0) is 27.7. The van der Waals surface area contributed by atoms with Crippen molar-refractivity contribution in [3.05, 3.63) is 65.2 Å². The number of aliphatic hydroxyl groups is 1. The molecule has 0 unspecified atom stereocenters. The molecule has 2 aromatic carbocycles. The van der Waals surface area contributed by atoms with Crippen LogP contribution in [0.1, 0.15) is 41.3 Å². The van der Waals surface area contributed by atoms with Crippen LogP contribution in [0.3, 0.4) is 0 Å². The number of rotatable bonds is 5. The second kappa shape index (κ2) is 10.7. The van der Waals surface area contributed by atoms with Gasteiger partial charge in [0.05, 0.1) is 23.4 Å². The summed E-state index contributed by atoms with van der Waals surface area (Å²) in [6.45, 7) is 2.10. The highest BCUT2D eigenvalue weighted by Gasteiger charge is 2.43. The van der Waals surface area contributed by atoms with Crippen molar-refractivity contribution in [2.24, 2.45) is 5.92 Å². The number of amides is 2. The second-order valence-corrected chi connectivity index (χ2v) is 9.57. The number of anilines is 2. The van der Waals surface area contributed by atoms with Gasteiger partial charge in [-0.2, -0.15) is 13.2 Å². The van der Waals surface area contributed by atoms with E-state index in [4.69, 9.17) is 5.11 Å². The fourth-order valence-corrected chi connectivity index (χ4v) is 4.86. The molecular formula is C27H28F5N3O3. The number of halogens is 5. The summed E-state index contributed by atoms with van der Waals surface area (Å²) in [5, 5.41) is 11.2. The predicted octanol–water partition coefficient (Wildman–Crippen LogP) is 4.73. The fraction of sp³-hybridized carbons (Fsp3) is 0.407. The highest BCUT2D eigenvalue weighted by molar-refractivity contribution is 6.10. The monoisotopic (exact) mass is 537 g/mol. The van der Waals surface area contributed by atoms with Crippen LogP contribution < -0.4 is 15.1 Å². The highest BCUT2D eigenvalue weighted by Crippen LogP contribution is 2.44. The molecule has 0 aromatic heterocycles. The van der Waals surface area contributed by atoms with Gasteiger partial charge in [0.25, 0.3) is 11.8 Å². The van der Waals surface area contributed by atoms with Crippen LogP contribution in [0.25, 0.3) is 5.57 Å². The topological polar surface area (TPSA) is 72.9 Å². The van der Waals surface area contributed by atoms with E-state index in [9.17, 15) is 22.8 Å². The lowest BCUT2D eigenvalue weighted by molar-refractivity contribution is -0.137. The lowest BCUT2D eigenvalue weighted by Crippen LogP contribution is -2.34. The van der Waals surface area contributed by atoms with Crippen LogP contribution in [-0.4, -0.2) is 55.6 Å². The number of hydrogen-bond donors (Lipinski definition) is 2. The minimum absolute atomic E-state index is 0.0264. The standard InChI is InChI=1S/C27H28F5N3O3/c1-17-8-11-34(16-17)18-6-7-20(22(14-18)27(30,31)32)25(38)35-12-9-26(28,29)21(15-24(37)33-10-13-36)19-4-2-3-5-23(19)35/h2-7,14-15,17,36H,8-13,16H2,1H3,(H,33,37)/b21-15-/t17-/m1/s1. The second-order valence-electron chi connectivity index (χ2n) is 9.57. The molecule has 204 valence electrons. The number of fused-ring (bicyclic) bond motifs is 1. The Bertz CT molecular complexity index is 1240. The van der Waals surface area contributed by atoms with E-state index in [1.165, 1.54) is 30.3 Å². The summed E-state index contributed by atoms with van der Waals surface area (Å²) in [4.78, 5) is 28.5. The van der Waals surface area contributed by atoms with E-state index >= 15 is 8.78 Å². The van der Waals surface area contributed by atoms with Crippen LogP contribution in [0.15, 0.2) is 48.5 Å². The molecule has 2 heterocycles. The molecule has 2 N–H and O–H groups in total. The summed E-state index contributed by atoms with van der Waals surface area (Å²) in [7, 11) is 0. The van der Waals surface area contributed by atoms with E-state index in [1.54, 1.807) is 0 Å². The normalized spacial score (nSPS) is 20.3. The van der Waals surface area contributed by atoms with Crippen LogP contribution in [-0.2, 0) is 11.0 Å². The Morgan fingerprint density at radius 3 is 2.55 bits per heavy atom. The summed E-state index contributed by atoms with van der Waals surface area (Å²) in [5.74, 6) is -5.15. The van der Waals surface area contributed by atoms with E-state index in [1.807, 2.05) is 11.8 Å². The molecule has 4 rings (SSSR count). The van der Waals surface area contributed by atoms with E-state index in [0.29, 0.717) is 30.8 Å². The predicted molar refractivity (Wildman–Crippen MR) is 133 cm³/mol. The molecule has 0 spiro atoms. The van der Waals surface area contributed by atoms with Gasteiger partial charge >= 0.3 is 6.18 Å². The van der Waals surface area contributed by atoms with E-state index < -0.39 is 53.6 Å². The zero-order valence-electron chi connectivity index (χ0n) is 20.7. The zero-order valence-corrected chi connectivity index (χ0v) is 20.7. The van der Waals surface area contributed by atoms with Gasteiger partial charge in [0, 0.05) is 55.5 Å². The molecule has 1 saturated heterocycles. The summed E-state index contributed by atoms with van der Waals surface area (Å²) in [6.07, 6.45) is -4.21. The quantitative estimate of drug-likeness (QED) is 0.428. The number of aliphatic hydroxyl groups excluding tert-OH is 1. The summed E-state index contributed by atoms with van der Waals surface area (Å²) in [5.41, 5.74) is -2.25. The Morgan fingerprint density at radius 1 is 1.16 bits per heavy atom. The van der Waals surface area contributed by atoms with Crippen LogP contribution in [0.5, 0.6) is 0 Å². The Labute approximate surface area is 216 Å². The number of para-hydroxylation sites is 1. The molecule has 2 amide bonds. The maximum atomic E-state index is 15.2. The summed E-state index contributed by atoms with van der Waals surface area (Å²) < 4.78 is 72.9. The van der Waals surface area contributed by atoms with Gasteiger partial charge in [-0.25, -0.2) is 8.78 Å². The van der Waals surface area contributed by atoms with Gasteiger partial charge in [0.2, 0.25) is 5.91 Å². The molecule has 38 heavy (non-hydrogen) atoms. The van der Waals surface area contributed by atoms with Crippen molar-refractivity contribution in [3.8, 4) is 0 Å². The maximum Gasteiger partial charge on any atom is 0.417 e. The first kappa shape index (κ1) is 27.6. The average Bonchev–Trinajstić information content (AvgIpc) is 3.27. The number of hydrogen-bond acceptors (Lipinski definition) is 4. The fourth-order valence-electron chi connectivity index (χ4n) is 4.86. The molecule has 2 aliphatic heterocycles. The van der Waals surface area contributed by atoms with Gasteiger partial charge in [-0.3, -0.25) is 9.59 Å². The maximum absolute atomic E-state index is 15.2. The molecule has 1 fully saturated rings. The lowest BCUT2D eigenvalue weighted by Gasteiger charge is -2.26. The summed E-state index contributed by atoms with van der Waals surface area (Å²) >= 11 is 0. The number of nitrogens with one attached hydrogen (secondary N) is 1. The van der Waals surface area contributed by atoms with Crippen LogP contribution in [0.2, 0.25) is 0 Å². The van der Waals surface area contributed by atoms with Crippen molar-refractivity contribution in [3.63, 3.8) is 0 Å². The molecule has 2 aromatic rings. The van der Waals surface area contributed by atoms with Crippen molar-refractivity contribution in [1.82, 2.24) is 5.32 Å². The SMILES string of the molecule is C[C@@H]1CCN(c2ccc(C(=O)N3CCC(F)(F)/C(=C\C(=O)NCCO)c4ccccc43)c(C(F)(F)F)c2)C1. The van der Waals surface area contributed by atoms with Crippen molar-refractivity contribution in [2.75, 3.05) is 42.6 Å². The molecule has 0 bridgehead atoms. The number of carbonyl (C=O) groups is 2. The molecule has 1 atom stereocenters. The Hall–Kier alpha value is -3.47. The third-order valence-corrected chi connectivity index (χ3v) is 6.79. The molecule has 2 aliphatic rings. The first-order valence-electron chi connectivity index (χ1n) is 12.3. The number of carbonyl (C=O) groups excluding carboxylic acids is 2. The van der Waals surface area contributed by atoms with Crippen molar-refractivity contribution in [1.29, 1.82) is 0 Å². The van der Waals surface area contributed by atoms with Gasteiger partial charge < -0.3 is 20.2 Å². The number of nitrogens with zero attached hydrogens (tertiary/aromatic N) is 2. The molecule has 0 radical (unpaired) electrons. The van der Waals surface area contributed by atoms with Gasteiger partial charge in [-0.1, -0.05) is 25.1 Å². The average molecular weight is 538 g/mol.